The molecule has 0 atom stereocenters. The smallest absolute Gasteiger partial charge is 0.260 e. The van der Waals surface area contributed by atoms with E-state index in [1.54, 1.807) is 0 Å². The molecule has 3 rings (SSSR count). The predicted molar refractivity (Wildman–Crippen MR) is 89.3 cm³/mol. The van der Waals surface area contributed by atoms with Crippen LogP contribution in [0.2, 0.25) is 0 Å². The third-order valence-corrected chi connectivity index (χ3v) is 4.81. The van der Waals surface area contributed by atoms with Gasteiger partial charge < -0.3 is 5.32 Å². The Hall–Kier alpha value is -2.32. The highest BCUT2D eigenvalue weighted by Gasteiger charge is 2.16. The molecule has 1 N–H and O–H groups in total. The van der Waals surface area contributed by atoms with E-state index in [0.717, 1.165) is 34.1 Å². The number of fused-ring (bicyclic) bond motifs is 1. The van der Waals surface area contributed by atoms with E-state index in [4.69, 9.17) is 0 Å². The summed E-state index contributed by atoms with van der Waals surface area (Å²) in [5, 5.41) is 4.57. The summed E-state index contributed by atoms with van der Waals surface area (Å²) < 4.78 is 26.4. The maximum atomic E-state index is 12.2. The second-order valence-electron chi connectivity index (χ2n) is 5.02. The zero-order valence-corrected chi connectivity index (χ0v) is 13.8. The van der Waals surface area contributed by atoms with Crippen molar-refractivity contribution in [3.05, 3.63) is 48.0 Å². The molecule has 0 saturated carbocycles. The van der Waals surface area contributed by atoms with Crippen LogP contribution in [-0.4, -0.2) is 29.9 Å². The van der Waals surface area contributed by atoms with E-state index in [2.05, 4.69) is 14.7 Å². The van der Waals surface area contributed by atoms with E-state index in [-0.39, 0.29) is 22.6 Å². The summed E-state index contributed by atoms with van der Waals surface area (Å²) in [5.41, 5.74) is 0.897. The number of hydrogen-bond donors (Lipinski definition) is 1. The summed E-state index contributed by atoms with van der Waals surface area (Å²) in [6.45, 7) is 0. The van der Waals surface area contributed by atoms with Crippen LogP contribution in [0.5, 0.6) is 0 Å². The van der Waals surface area contributed by atoms with Gasteiger partial charge in [0.1, 0.15) is 0 Å². The van der Waals surface area contributed by atoms with Crippen molar-refractivity contribution in [2.45, 2.75) is 11.6 Å². The van der Waals surface area contributed by atoms with Crippen molar-refractivity contribution in [3.63, 3.8) is 0 Å². The SMILES string of the molecule is CS(=O)(=O)c1nsc(NC(=O)Cc2cccc3ccccc23)n1. The van der Waals surface area contributed by atoms with Gasteiger partial charge in [-0.05, 0) is 16.3 Å². The number of hydrogen-bond acceptors (Lipinski definition) is 6. The third-order valence-electron chi connectivity index (χ3n) is 3.22. The van der Waals surface area contributed by atoms with Crippen molar-refractivity contribution >= 4 is 43.2 Å². The Bertz CT molecular complexity index is 975. The van der Waals surface area contributed by atoms with Gasteiger partial charge in [-0.25, -0.2) is 8.42 Å². The molecule has 0 unspecified atom stereocenters. The summed E-state index contributed by atoms with van der Waals surface area (Å²) in [7, 11) is -3.47. The molecule has 0 aliphatic rings. The normalized spacial score (nSPS) is 11.5. The molecule has 0 fully saturated rings. The molecular weight excluding hydrogens is 334 g/mol. The van der Waals surface area contributed by atoms with E-state index >= 15 is 0 Å². The second-order valence-corrected chi connectivity index (χ2v) is 7.68. The van der Waals surface area contributed by atoms with Gasteiger partial charge in [-0.2, -0.15) is 9.36 Å². The van der Waals surface area contributed by atoms with E-state index in [0.29, 0.717) is 0 Å². The number of nitrogens with zero attached hydrogens (tertiary/aromatic N) is 2. The Morgan fingerprint density at radius 1 is 1.17 bits per heavy atom. The maximum absolute atomic E-state index is 12.2. The molecule has 23 heavy (non-hydrogen) atoms. The fraction of sp³-hybridized carbons (Fsp3) is 0.133. The van der Waals surface area contributed by atoms with Crippen LogP contribution in [0.25, 0.3) is 10.8 Å². The first kappa shape index (κ1) is 15.6. The lowest BCUT2D eigenvalue weighted by Gasteiger charge is -2.06. The third kappa shape index (κ3) is 3.54. The predicted octanol–water partition coefficient (Wildman–Crippen LogP) is 2.28. The summed E-state index contributed by atoms with van der Waals surface area (Å²) in [6, 6.07) is 13.6. The average molecular weight is 347 g/mol. The molecule has 3 aromatic rings. The first-order chi connectivity index (χ1) is 10.9. The van der Waals surface area contributed by atoms with Crippen LogP contribution in [0.4, 0.5) is 5.13 Å². The number of rotatable bonds is 4. The quantitative estimate of drug-likeness (QED) is 0.782. The number of carbonyl (C=O) groups excluding carboxylic acids is 1. The van der Waals surface area contributed by atoms with Crippen molar-refractivity contribution in [1.82, 2.24) is 9.36 Å². The molecule has 0 bridgehead atoms. The summed E-state index contributed by atoms with van der Waals surface area (Å²) in [6.07, 6.45) is 1.20. The van der Waals surface area contributed by atoms with Crippen LogP contribution in [0.3, 0.4) is 0 Å². The molecule has 6 nitrogen and oxygen atoms in total. The highest BCUT2D eigenvalue weighted by molar-refractivity contribution is 7.90. The number of anilines is 1. The second kappa shape index (κ2) is 6.05. The first-order valence-corrected chi connectivity index (χ1v) is 9.40. The zero-order valence-electron chi connectivity index (χ0n) is 12.2. The highest BCUT2D eigenvalue weighted by atomic mass is 32.2. The molecule has 0 aliphatic carbocycles. The first-order valence-electron chi connectivity index (χ1n) is 6.74. The van der Waals surface area contributed by atoms with Gasteiger partial charge in [0.25, 0.3) is 5.16 Å². The largest absolute Gasteiger partial charge is 0.300 e. The molecule has 0 spiro atoms. The minimum Gasteiger partial charge on any atom is -0.300 e. The number of amides is 1. The van der Waals surface area contributed by atoms with E-state index in [1.165, 1.54) is 0 Å². The minimum atomic E-state index is -3.47. The van der Waals surface area contributed by atoms with Gasteiger partial charge in [-0.3, -0.25) is 4.79 Å². The van der Waals surface area contributed by atoms with Crippen molar-refractivity contribution in [2.75, 3.05) is 11.6 Å². The lowest BCUT2D eigenvalue weighted by Crippen LogP contribution is -2.14. The topological polar surface area (TPSA) is 89.0 Å². The van der Waals surface area contributed by atoms with Crippen LogP contribution in [0.15, 0.2) is 47.6 Å². The maximum Gasteiger partial charge on any atom is 0.260 e. The number of sulfone groups is 1. The van der Waals surface area contributed by atoms with Gasteiger partial charge in [0.15, 0.2) is 0 Å². The monoisotopic (exact) mass is 347 g/mol. The average Bonchev–Trinajstić information content (AvgIpc) is 2.96. The lowest BCUT2D eigenvalue weighted by atomic mass is 10.0. The Morgan fingerprint density at radius 2 is 1.91 bits per heavy atom. The number of nitrogens with one attached hydrogen (secondary N) is 1. The van der Waals surface area contributed by atoms with Crippen LogP contribution < -0.4 is 5.32 Å². The summed E-state index contributed by atoms with van der Waals surface area (Å²) in [4.78, 5) is 16.0. The lowest BCUT2D eigenvalue weighted by molar-refractivity contribution is -0.115. The van der Waals surface area contributed by atoms with Crippen LogP contribution in [0, 0.1) is 0 Å². The molecule has 1 heterocycles. The van der Waals surface area contributed by atoms with Gasteiger partial charge in [-0.1, -0.05) is 42.5 Å². The van der Waals surface area contributed by atoms with Crippen molar-refractivity contribution < 1.29 is 13.2 Å². The van der Waals surface area contributed by atoms with Crippen LogP contribution in [-0.2, 0) is 21.1 Å². The Kier molecular flexibility index (Phi) is 4.10. The van der Waals surface area contributed by atoms with Gasteiger partial charge in [-0.15, -0.1) is 0 Å². The van der Waals surface area contributed by atoms with E-state index < -0.39 is 9.84 Å². The molecule has 0 saturated heterocycles. The molecule has 1 aromatic heterocycles. The van der Waals surface area contributed by atoms with Gasteiger partial charge in [0, 0.05) is 17.8 Å². The Labute approximate surface area is 137 Å². The van der Waals surface area contributed by atoms with Crippen molar-refractivity contribution in [1.29, 1.82) is 0 Å². The van der Waals surface area contributed by atoms with Gasteiger partial charge in [0.05, 0.1) is 6.42 Å². The standard InChI is InChI=1S/C15H13N3O3S2/c1-23(20,21)15-17-14(22-18-15)16-13(19)9-11-7-4-6-10-5-2-3-8-12(10)11/h2-8H,9H2,1H3,(H,16,17,18,19). The highest BCUT2D eigenvalue weighted by Crippen LogP contribution is 2.20. The fourth-order valence-electron chi connectivity index (χ4n) is 2.19. The molecule has 2 aromatic carbocycles. The summed E-state index contributed by atoms with van der Waals surface area (Å²) in [5.74, 6) is -0.266. The Morgan fingerprint density at radius 3 is 2.65 bits per heavy atom. The van der Waals surface area contributed by atoms with E-state index in [1.807, 2.05) is 42.5 Å². The Balaban J connectivity index is 1.78. The van der Waals surface area contributed by atoms with E-state index in [9.17, 15) is 13.2 Å². The number of carbonyl (C=O) groups is 1. The number of benzene rings is 2. The molecule has 0 radical (unpaired) electrons. The van der Waals surface area contributed by atoms with Gasteiger partial charge >= 0.3 is 0 Å². The molecule has 1 amide bonds. The van der Waals surface area contributed by atoms with Crippen LogP contribution in [0.1, 0.15) is 5.56 Å². The molecule has 118 valence electrons. The molecule has 0 aliphatic heterocycles. The van der Waals surface area contributed by atoms with Crippen LogP contribution >= 0.6 is 11.5 Å². The molecular formula is C15H13N3O3S2. The summed E-state index contributed by atoms with van der Waals surface area (Å²) >= 11 is 0.847. The van der Waals surface area contributed by atoms with Crippen molar-refractivity contribution in [3.8, 4) is 0 Å². The zero-order chi connectivity index (χ0) is 16.4. The van der Waals surface area contributed by atoms with Crippen molar-refractivity contribution in [2.24, 2.45) is 0 Å². The number of aromatic nitrogens is 2. The minimum absolute atomic E-state index is 0.176. The molecule has 8 heteroatoms. The van der Waals surface area contributed by atoms with Gasteiger partial charge in [0.2, 0.25) is 20.9 Å². The fourth-order valence-corrected chi connectivity index (χ4v) is 3.65.